The molecule has 1 unspecified atom stereocenters. The standard InChI is InChI=1S/C26H38FN5O2/c1-3-18(20-15-30-21-13-17(27)9-10-19(20)21)24-26(2,29)11-12-32(24)25(34)23(31-22(33)14-28)16-7-5-4-6-8-16/h9-10,13,15-16,18,23-24,30H,3-8,11-12,14,28-29H2,1-2H3,(H,31,33)/t18-,23?,24-,26-/m1/s1. The first-order valence-corrected chi connectivity index (χ1v) is 12.6. The number of aromatic amines is 1. The lowest BCUT2D eigenvalue weighted by atomic mass is 9.78. The summed E-state index contributed by atoms with van der Waals surface area (Å²) in [4.78, 5) is 31.4. The first-order valence-electron chi connectivity index (χ1n) is 12.6. The van der Waals surface area contributed by atoms with Gasteiger partial charge in [-0.25, -0.2) is 4.39 Å². The number of hydrogen-bond donors (Lipinski definition) is 4. The van der Waals surface area contributed by atoms with Gasteiger partial charge in [0.1, 0.15) is 11.9 Å². The third-order valence-corrected chi connectivity index (χ3v) is 7.97. The van der Waals surface area contributed by atoms with Crippen LogP contribution in [0.2, 0.25) is 0 Å². The zero-order valence-corrected chi connectivity index (χ0v) is 20.3. The highest BCUT2D eigenvalue weighted by atomic mass is 19.1. The van der Waals surface area contributed by atoms with Crippen molar-refractivity contribution in [2.75, 3.05) is 13.1 Å². The van der Waals surface area contributed by atoms with E-state index in [9.17, 15) is 14.0 Å². The summed E-state index contributed by atoms with van der Waals surface area (Å²) in [5.41, 5.74) is 13.6. The Kier molecular flexibility index (Phi) is 7.28. The topological polar surface area (TPSA) is 117 Å². The average molecular weight is 472 g/mol. The third kappa shape index (κ3) is 4.70. The van der Waals surface area contributed by atoms with Crippen LogP contribution in [0.25, 0.3) is 10.9 Å². The van der Waals surface area contributed by atoms with Gasteiger partial charge in [0.25, 0.3) is 0 Å². The first kappa shape index (κ1) is 24.7. The van der Waals surface area contributed by atoms with Gasteiger partial charge in [-0.15, -0.1) is 0 Å². The van der Waals surface area contributed by atoms with Crippen LogP contribution in [0.15, 0.2) is 24.4 Å². The Morgan fingerprint density at radius 3 is 2.71 bits per heavy atom. The molecule has 2 heterocycles. The number of carbonyl (C=O) groups is 2. The van der Waals surface area contributed by atoms with Crippen molar-refractivity contribution in [1.82, 2.24) is 15.2 Å². The van der Waals surface area contributed by atoms with E-state index in [2.05, 4.69) is 17.2 Å². The Bertz CT molecular complexity index is 1030. The molecule has 0 radical (unpaired) electrons. The highest BCUT2D eigenvalue weighted by Crippen LogP contribution is 2.42. The van der Waals surface area contributed by atoms with Crippen LogP contribution in [0.3, 0.4) is 0 Å². The Morgan fingerprint density at radius 2 is 2.03 bits per heavy atom. The van der Waals surface area contributed by atoms with Crippen molar-refractivity contribution in [1.29, 1.82) is 0 Å². The second-order valence-electron chi connectivity index (χ2n) is 10.3. The number of halogens is 1. The largest absolute Gasteiger partial charge is 0.361 e. The van der Waals surface area contributed by atoms with E-state index in [1.165, 1.54) is 12.1 Å². The van der Waals surface area contributed by atoms with Gasteiger partial charge >= 0.3 is 0 Å². The summed E-state index contributed by atoms with van der Waals surface area (Å²) >= 11 is 0. The molecular formula is C26H38FN5O2. The number of benzene rings is 1. The summed E-state index contributed by atoms with van der Waals surface area (Å²) in [5, 5.41) is 3.89. The van der Waals surface area contributed by atoms with E-state index in [0.29, 0.717) is 13.0 Å². The number of carbonyl (C=O) groups excluding carboxylic acids is 2. The number of fused-ring (bicyclic) bond motifs is 1. The van der Waals surface area contributed by atoms with Crippen molar-refractivity contribution < 1.29 is 14.0 Å². The van der Waals surface area contributed by atoms with Crippen LogP contribution >= 0.6 is 0 Å². The maximum Gasteiger partial charge on any atom is 0.245 e. The highest BCUT2D eigenvalue weighted by Gasteiger charge is 2.49. The summed E-state index contributed by atoms with van der Waals surface area (Å²) in [7, 11) is 0. The van der Waals surface area contributed by atoms with Gasteiger partial charge in [0.05, 0.1) is 12.6 Å². The quantitative estimate of drug-likeness (QED) is 0.496. The molecule has 1 aromatic carbocycles. The van der Waals surface area contributed by atoms with Crippen molar-refractivity contribution in [3.05, 3.63) is 35.8 Å². The molecule has 4 rings (SSSR count). The van der Waals surface area contributed by atoms with Gasteiger partial charge in [-0.2, -0.15) is 0 Å². The fourth-order valence-corrected chi connectivity index (χ4v) is 6.23. The second-order valence-corrected chi connectivity index (χ2v) is 10.3. The van der Waals surface area contributed by atoms with Crippen molar-refractivity contribution in [3.8, 4) is 0 Å². The number of rotatable bonds is 7. The molecule has 0 bridgehead atoms. The molecule has 2 amide bonds. The van der Waals surface area contributed by atoms with Crippen molar-refractivity contribution in [2.45, 2.75) is 82.3 Å². The molecule has 4 atom stereocenters. The molecule has 34 heavy (non-hydrogen) atoms. The SMILES string of the molecule is CC[C@H](c1c[nH]c2cc(F)ccc12)[C@H]1N(C(=O)C(NC(=O)CN)C2CCCCC2)CC[C@@]1(C)N. The highest BCUT2D eigenvalue weighted by molar-refractivity contribution is 5.89. The number of nitrogens with two attached hydrogens (primary N) is 2. The minimum Gasteiger partial charge on any atom is -0.361 e. The summed E-state index contributed by atoms with van der Waals surface area (Å²) in [6, 6.07) is 3.93. The molecule has 1 aliphatic heterocycles. The zero-order chi connectivity index (χ0) is 24.5. The molecule has 2 fully saturated rings. The van der Waals surface area contributed by atoms with Crippen molar-refractivity contribution >= 4 is 22.7 Å². The molecule has 186 valence electrons. The Balaban J connectivity index is 1.69. The van der Waals surface area contributed by atoms with Crippen LogP contribution in [0.5, 0.6) is 0 Å². The zero-order valence-electron chi connectivity index (χ0n) is 20.3. The summed E-state index contributed by atoms with van der Waals surface area (Å²) in [6.07, 6.45) is 8.51. The van der Waals surface area contributed by atoms with Crippen LogP contribution in [0.4, 0.5) is 4.39 Å². The van der Waals surface area contributed by atoms with Crippen molar-refractivity contribution in [3.63, 3.8) is 0 Å². The normalized spacial score (nSPS) is 25.4. The summed E-state index contributed by atoms with van der Waals surface area (Å²) in [5.74, 6) is -0.574. The minimum atomic E-state index is -0.588. The number of aromatic nitrogens is 1. The number of nitrogens with one attached hydrogen (secondary N) is 2. The fraction of sp³-hybridized carbons (Fsp3) is 0.615. The van der Waals surface area contributed by atoms with E-state index >= 15 is 0 Å². The van der Waals surface area contributed by atoms with Crippen LogP contribution in [-0.2, 0) is 9.59 Å². The molecule has 2 aliphatic rings. The lowest BCUT2D eigenvalue weighted by Crippen LogP contribution is -2.59. The lowest BCUT2D eigenvalue weighted by molar-refractivity contribution is -0.139. The monoisotopic (exact) mass is 471 g/mol. The van der Waals surface area contributed by atoms with Gasteiger partial charge in [-0.3, -0.25) is 9.59 Å². The molecule has 1 saturated heterocycles. The number of H-pyrrole nitrogens is 1. The first-order chi connectivity index (χ1) is 16.3. The molecule has 1 saturated carbocycles. The lowest BCUT2D eigenvalue weighted by Gasteiger charge is -2.41. The number of likely N-dealkylation sites (tertiary alicyclic amines) is 1. The molecule has 1 aromatic heterocycles. The Morgan fingerprint density at radius 1 is 1.29 bits per heavy atom. The fourth-order valence-electron chi connectivity index (χ4n) is 6.23. The number of amides is 2. The van der Waals surface area contributed by atoms with E-state index in [1.54, 1.807) is 6.07 Å². The van der Waals surface area contributed by atoms with Gasteiger partial charge in [0.15, 0.2) is 0 Å². The van der Waals surface area contributed by atoms with E-state index in [4.69, 9.17) is 11.5 Å². The molecule has 6 N–H and O–H groups in total. The van der Waals surface area contributed by atoms with E-state index in [-0.39, 0.29) is 42.1 Å². The maximum absolute atomic E-state index is 14.1. The molecule has 8 heteroatoms. The number of nitrogens with zero attached hydrogens (tertiary/aromatic N) is 1. The van der Waals surface area contributed by atoms with Crippen LogP contribution in [0.1, 0.15) is 70.3 Å². The molecular weight excluding hydrogens is 433 g/mol. The molecule has 2 aromatic rings. The Hall–Kier alpha value is -2.45. The molecule has 7 nitrogen and oxygen atoms in total. The van der Waals surface area contributed by atoms with E-state index in [0.717, 1.165) is 55.0 Å². The van der Waals surface area contributed by atoms with Gasteiger partial charge in [-0.1, -0.05) is 26.2 Å². The summed E-state index contributed by atoms with van der Waals surface area (Å²) in [6.45, 7) is 4.51. The van der Waals surface area contributed by atoms with E-state index in [1.807, 2.05) is 18.0 Å². The number of hydrogen-bond acceptors (Lipinski definition) is 4. The average Bonchev–Trinajstić information content (AvgIpc) is 3.38. The van der Waals surface area contributed by atoms with Gasteiger partial charge in [0, 0.05) is 35.1 Å². The smallest absolute Gasteiger partial charge is 0.245 e. The van der Waals surface area contributed by atoms with Gasteiger partial charge in [-0.05, 0) is 62.3 Å². The molecule has 1 aliphatic carbocycles. The predicted molar refractivity (Wildman–Crippen MR) is 132 cm³/mol. The van der Waals surface area contributed by atoms with Gasteiger partial charge in [0.2, 0.25) is 11.8 Å². The molecule has 0 spiro atoms. The van der Waals surface area contributed by atoms with Crippen LogP contribution < -0.4 is 16.8 Å². The Labute approximate surface area is 200 Å². The van der Waals surface area contributed by atoms with Crippen molar-refractivity contribution in [2.24, 2.45) is 17.4 Å². The second kappa shape index (κ2) is 10.0. The van der Waals surface area contributed by atoms with E-state index < -0.39 is 11.6 Å². The minimum absolute atomic E-state index is 0.0297. The van der Waals surface area contributed by atoms with Crippen LogP contribution in [0, 0.1) is 11.7 Å². The maximum atomic E-state index is 14.1. The van der Waals surface area contributed by atoms with Crippen LogP contribution in [-0.4, -0.2) is 52.4 Å². The summed E-state index contributed by atoms with van der Waals surface area (Å²) < 4.78 is 13.8. The third-order valence-electron chi connectivity index (χ3n) is 7.97. The predicted octanol–water partition coefficient (Wildman–Crippen LogP) is 3.14. The van der Waals surface area contributed by atoms with Gasteiger partial charge < -0.3 is 26.7 Å².